The van der Waals surface area contributed by atoms with Gasteiger partial charge in [-0.15, -0.1) is 0 Å². The van der Waals surface area contributed by atoms with E-state index in [1.807, 2.05) is 0 Å². The molecule has 0 bridgehead atoms. The molecule has 136 valence electrons. The van der Waals surface area contributed by atoms with Gasteiger partial charge < -0.3 is 24.4 Å². The molecule has 0 unspecified atom stereocenters. The minimum atomic E-state index is -0.422. The number of benzene rings is 2. The minimum absolute atomic E-state index is 0.219. The third-order valence-electron chi connectivity index (χ3n) is 4.10. The number of esters is 1. The monoisotopic (exact) mass is 356 g/mol. The fourth-order valence-electron chi connectivity index (χ4n) is 2.67. The maximum Gasteiger partial charge on any atom is 0.337 e. The first-order valence-corrected chi connectivity index (χ1v) is 8.14. The van der Waals surface area contributed by atoms with Crippen LogP contribution in [0.1, 0.15) is 15.9 Å². The van der Waals surface area contributed by atoms with Crippen molar-refractivity contribution < 1.29 is 23.8 Å². The molecule has 0 radical (unpaired) electrons. The number of hydrogen-bond acceptors (Lipinski definition) is 5. The van der Waals surface area contributed by atoms with E-state index < -0.39 is 5.97 Å². The first-order valence-electron chi connectivity index (χ1n) is 8.14. The third-order valence-corrected chi connectivity index (χ3v) is 4.10. The lowest BCUT2D eigenvalue weighted by Crippen LogP contribution is -2.36. The Morgan fingerprint density at radius 2 is 1.88 bits per heavy atom. The van der Waals surface area contributed by atoms with Crippen LogP contribution in [0.5, 0.6) is 11.5 Å². The molecule has 0 atom stereocenters. The highest BCUT2D eigenvalue weighted by molar-refractivity contribution is 5.90. The van der Waals surface area contributed by atoms with Crippen LogP contribution in [0.4, 0.5) is 10.5 Å². The van der Waals surface area contributed by atoms with Crippen LogP contribution in [0.15, 0.2) is 42.5 Å². The fourth-order valence-corrected chi connectivity index (χ4v) is 2.67. The van der Waals surface area contributed by atoms with Crippen molar-refractivity contribution in [2.45, 2.75) is 6.54 Å². The van der Waals surface area contributed by atoms with Crippen LogP contribution in [-0.2, 0) is 11.3 Å². The highest BCUT2D eigenvalue weighted by Crippen LogP contribution is 2.25. The van der Waals surface area contributed by atoms with Crippen LogP contribution >= 0.6 is 0 Å². The van der Waals surface area contributed by atoms with Gasteiger partial charge in [-0.05, 0) is 36.4 Å². The van der Waals surface area contributed by atoms with E-state index >= 15 is 0 Å². The Balaban J connectivity index is 1.71. The Kier molecular flexibility index (Phi) is 5.26. The molecule has 2 aromatic rings. The number of fused-ring (bicyclic) bond motifs is 1. The molecule has 0 spiro atoms. The molecule has 0 aromatic heterocycles. The molecule has 3 rings (SSSR count). The predicted octanol–water partition coefficient (Wildman–Crippen LogP) is 2.91. The van der Waals surface area contributed by atoms with E-state index in [1.165, 1.54) is 7.11 Å². The molecule has 26 heavy (non-hydrogen) atoms. The number of carbonyl (C=O) groups excluding carboxylic acids is 2. The summed E-state index contributed by atoms with van der Waals surface area (Å²) in [5, 5.41) is 2.86. The van der Waals surface area contributed by atoms with Gasteiger partial charge in [0.05, 0.1) is 32.9 Å². The standard InChI is InChI=1S/C19H20N2O5/c1-24-16-7-5-15(6-8-16)20-19(23)21-9-10-26-17-11-13(18(22)25-2)3-4-14(17)12-21/h3-8,11H,9-10,12H2,1-2H3,(H,20,23). The summed E-state index contributed by atoms with van der Waals surface area (Å²) < 4.78 is 15.5. The molecular formula is C19H20N2O5. The van der Waals surface area contributed by atoms with Gasteiger partial charge in [-0.25, -0.2) is 9.59 Å². The molecule has 7 nitrogen and oxygen atoms in total. The molecule has 1 aliphatic rings. The van der Waals surface area contributed by atoms with Crippen LogP contribution < -0.4 is 14.8 Å². The van der Waals surface area contributed by atoms with Gasteiger partial charge in [-0.3, -0.25) is 0 Å². The largest absolute Gasteiger partial charge is 0.497 e. The highest BCUT2D eigenvalue weighted by atomic mass is 16.5. The topological polar surface area (TPSA) is 77.1 Å². The lowest BCUT2D eigenvalue weighted by Gasteiger charge is -2.20. The van der Waals surface area contributed by atoms with Gasteiger partial charge >= 0.3 is 12.0 Å². The lowest BCUT2D eigenvalue weighted by molar-refractivity contribution is 0.0600. The summed E-state index contributed by atoms with van der Waals surface area (Å²) in [5.41, 5.74) is 1.93. The third kappa shape index (κ3) is 3.88. The summed E-state index contributed by atoms with van der Waals surface area (Å²) in [6, 6.07) is 12.0. The van der Waals surface area contributed by atoms with E-state index in [1.54, 1.807) is 54.5 Å². The quantitative estimate of drug-likeness (QED) is 0.856. The van der Waals surface area contributed by atoms with E-state index in [2.05, 4.69) is 5.32 Å². The highest BCUT2D eigenvalue weighted by Gasteiger charge is 2.21. The molecule has 0 fully saturated rings. The van der Waals surface area contributed by atoms with Crippen LogP contribution in [0, 0.1) is 0 Å². The summed E-state index contributed by atoms with van der Waals surface area (Å²) >= 11 is 0. The Morgan fingerprint density at radius 1 is 1.12 bits per heavy atom. The summed E-state index contributed by atoms with van der Waals surface area (Å²) in [4.78, 5) is 25.9. The fraction of sp³-hybridized carbons (Fsp3) is 0.263. The molecular weight excluding hydrogens is 336 g/mol. The minimum Gasteiger partial charge on any atom is -0.497 e. The van der Waals surface area contributed by atoms with Crippen LogP contribution in [0.25, 0.3) is 0 Å². The number of anilines is 1. The van der Waals surface area contributed by atoms with E-state index in [9.17, 15) is 9.59 Å². The van der Waals surface area contributed by atoms with Crippen molar-refractivity contribution in [3.05, 3.63) is 53.6 Å². The molecule has 0 saturated carbocycles. The second kappa shape index (κ2) is 7.77. The summed E-state index contributed by atoms with van der Waals surface area (Å²) in [6.07, 6.45) is 0. The Hall–Kier alpha value is -3.22. The van der Waals surface area contributed by atoms with Gasteiger partial charge in [0.1, 0.15) is 18.1 Å². The predicted molar refractivity (Wildman–Crippen MR) is 95.7 cm³/mol. The number of amides is 2. The Labute approximate surface area is 151 Å². The average Bonchev–Trinajstić information content (AvgIpc) is 2.89. The second-order valence-corrected chi connectivity index (χ2v) is 5.74. The number of ether oxygens (including phenoxy) is 3. The lowest BCUT2D eigenvalue weighted by atomic mass is 10.1. The van der Waals surface area contributed by atoms with Crippen molar-refractivity contribution >= 4 is 17.7 Å². The molecule has 1 aliphatic heterocycles. The Morgan fingerprint density at radius 3 is 2.58 bits per heavy atom. The number of urea groups is 1. The van der Waals surface area contributed by atoms with Crippen LogP contribution in [0.3, 0.4) is 0 Å². The van der Waals surface area contributed by atoms with Crippen molar-refractivity contribution in [2.75, 3.05) is 32.7 Å². The molecule has 1 N–H and O–H groups in total. The number of nitrogens with zero attached hydrogens (tertiary/aromatic N) is 1. The van der Waals surface area contributed by atoms with E-state index in [0.717, 1.165) is 11.3 Å². The van der Waals surface area contributed by atoms with E-state index in [4.69, 9.17) is 14.2 Å². The molecule has 0 saturated heterocycles. The maximum absolute atomic E-state index is 12.6. The number of nitrogens with one attached hydrogen (secondary N) is 1. The molecule has 7 heteroatoms. The van der Waals surface area contributed by atoms with E-state index in [0.29, 0.717) is 36.7 Å². The normalized spacial score (nSPS) is 13.1. The second-order valence-electron chi connectivity index (χ2n) is 5.74. The van der Waals surface area contributed by atoms with Gasteiger partial charge in [-0.1, -0.05) is 6.07 Å². The van der Waals surface area contributed by atoms with Gasteiger partial charge in [0.15, 0.2) is 0 Å². The Bertz CT molecular complexity index is 804. The zero-order chi connectivity index (χ0) is 18.5. The summed E-state index contributed by atoms with van der Waals surface area (Å²) in [5.74, 6) is 0.893. The smallest absolute Gasteiger partial charge is 0.337 e. The number of hydrogen-bond donors (Lipinski definition) is 1. The first kappa shape index (κ1) is 17.6. The van der Waals surface area contributed by atoms with Gasteiger partial charge in [0, 0.05) is 11.3 Å². The number of rotatable bonds is 3. The number of methoxy groups -OCH3 is 2. The molecule has 2 amide bonds. The summed E-state index contributed by atoms with van der Waals surface area (Å²) in [6.45, 7) is 1.16. The summed E-state index contributed by atoms with van der Waals surface area (Å²) in [7, 11) is 2.92. The van der Waals surface area contributed by atoms with Crippen molar-refractivity contribution in [1.29, 1.82) is 0 Å². The molecule has 0 aliphatic carbocycles. The number of carbonyl (C=O) groups is 2. The van der Waals surface area contributed by atoms with Crippen LogP contribution in [-0.4, -0.2) is 44.3 Å². The zero-order valence-electron chi connectivity index (χ0n) is 14.7. The average molecular weight is 356 g/mol. The van der Waals surface area contributed by atoms with Gasteiger partial charge in [-0.2, -0.15) is 0 Å². The van der Waals surface area contributed by atoms with Crippen molar-refractivity contribution in [1.82, 2.24) is 4.90 Å². The molecule has 1 heterocycles. The maximum atomic E-state index is 12.6. The molecule has 2 aromatic carbocycles. The van der Waals surface area contributed by atoms with Crippen molar-refractivity contribution in [2.24, 2.45) is 0 Å². The zero-order valence-corrected chi connectivity index (χ0v) is 14.7. The van der Waals surface area contributed by atoms with E-state index in [-0.39, 0.29) is 6.03 Å². The SMILES string of the molecule is COC(=O)c1ccc2c(c1)OCCN(C(=O)Nc1ccc(OC)cc1)C2. The van der Waals surface area contributed by atoms with Crippen molar-refractivity contribution in [3.8, 4) is 11.5 Å². The van der Waals surface area contributed by atoms with Gasteiger partial charge in [0.25, 0.3) is 0 Å². The van der Waals surface area contributed by atoms with Crippen molar-refractivity contribution in [3.63, 3.8) is 0 Å². The first-order chi connectivity index (χ1) is 12.6. The van der Waals surface area contributed by atoms with Crippen LogP contribution in [0.2, 0.25) is 0 Å². The van der Waals surface area contributed by atoms with Gasteiger partial charge in [0.2, 0.25) is 0 Å².